The lowest BCUT2D eigenvalue weighted by molar-refractivity contribution is -0.141. The van der Waals surface area contributed by atoms with E-state index in [2.05, 4.69) is 4.74 Å². The lowest BCUT2D eigenvalue weighted by atomic mass is 10.1. The molecule has 0 N–H and O–H groups in total. The summed E-state index contributed by atoms with van der Waals surface area (Å²) in [5, 5.41) is 0.820. The lowest BCUT2D eigenvalue weighted by Crippen LogP contribution is -2.22. The number of benzene rings is 1. The minimum Gasteiger partial charge on any atom is -0.469 e. The predicted molar refractivity (Wildman–Crippen MR) is 82.3 cm³/mol. The van der Waals surface area contributed by atoms with Gasteiger partial charge in [-0.1, -0.05) is 23.2 Å². The van der Waals surface area contributed by atoms with Crippen LogP contribution in [0.3, 0.4) is 0 Å². The molecule has 0 aliphatic heterocycles. The largest absolute Gasteiger partial charge is 0.469 e. The van der Waals surface area contributed by atoms with Gasteiger partial charge in [0.2, 0.25) is 0 Å². The van der Waals surface area contributed by atoms with Crippen molar-refractivity contribution < 1.29 is 17.9 Å². The minimum atomic E-state index is -3.37. The molecule has 2 rings (SSSR count). The third-order valence-electron chi connectivity index (χ3n) is 3.61. The summed E-state index contributed by atoms with van der Waals surface area (Å²) < 4.78 is 29.3. The van der Waals surface area contributed by atoms with Crippen molar-refractivity contribution in [2.45, 2.75) is 25.0 Å². The average Bonchev–Trinajstić information content (AvgIpc) is 3.11. The van der Waals surface area contributed by atoms with Crippen molar-refractivity contribution in [1.29, 1.82) is 0 Å². The Kier molecular flexibility index (Phi) is 4.85. The van der Waals surface area contributed by atoms with Gasteiger partial charge >= 0.3 is 5.97 Å². The summed E-state index contributed by atoms with van der Waals surface area (Å²) in [5.74, 6) is -0.573. The second-order valence-electron chi connectivity index (χ2n) is 5.52. The summed E-state index contributed by atoms with van der Waals surface area (Å²) in [4.78, 5) is 11.4. The average molecular weight is 351 g/mol. The van der Waals surface area contributed by atoms with E-state index < -0.39 is 15.3 Å². The summed E-state index contributed by atoms with van der Waals surface area (Å²) in [6, 6.07) is 4.75. The zero-order valence-electron chi connectivity index (χ0n) is 11.6. The second-order valence-corrected chi connectivity index (χ2v) is 8.43. The van der Waals surface area contributed by atoms with E-state index >= 15 is 0 Å². The van der Waals surface area contributed by atoms with Gasteiger partial charge in [-0.25, -0.2) is 8.42 Å². The van der Waals surface area contributed by atoms with E-state index in [1.165, 1.54) is 7.11 Å². The molecule has 1 saturated carbocycles. The van der Waals surface area contributed by atoms with Crippen LogP contribution in [-0.4, -0.2) is 27.2 Å². The highest BCUT2D eigenvalue weighted by Crippen LogP contribution is 2.50. The molecular formula is C14H16Cl2O4S. The zero-order chi connectivity index (χ0) is 15.7. The predicted octanol–water partition coefficient (Wildman–Crippen LogP) is 3.25. The fraction of sp³-hybridized carbons (Fsp3) is 0.500. The van der Waals surface area contributed by atoms with Gasteiger partial charge in [0.05, 0.1) is 25.0 Å². The van der Waals surface area contributed by atoms with Crippen molar-refractivity contribution in [3.05, 3.63) is 33.8 Å². The molecule has 1 aliphatic carbocycles. The van der Waals surface area contributed by atoms with Crippen molar-refractivity contribution in [1.82, 2.24) is 0 Å². The molecule has 0 heterocycles. The molecule has 0 saturated heterocycles. The van der Waals surface area contributed by atoms with Crippen LogP contribution in [0.2, 0.25) is 10.0 Å². The van der Waals surface area contributed by atoms with Gasteiger partial charge in [0, 0.05) is 10.0 Å². The minimum absolute atomic E-state index is 0.0298. The highest BCUT2D eigenvalue weighted by Gasteiger charge is 2.47. The maximum atomic E-state index is 12.3. The van der Waals surface area contributed by atoms with Gasteiger partial charge in [0.15, 0.2) is 9.84 Å². The Morgan fingerprint density at radius 2 is 2.00 bits per heavy atom. The van der Waals surface area contributed by atoms with Gasteiger partial charge in [-0.3, -0.25) is 4.79 Å². The third-order valence-corrected chi connectivity index (χ3v) is 6.02. The maximum Gasteiger partial charge on any atom is 0.306 e. The standard InChI is InChI=1S/C14H16Cl2O4S/c1-20-13(17)7-14(4-5-14)9-21(18,19)8-10-6-11(15)2-3-12(10)16/h2-3,6H,4-5,7-9H2,1H3. The number of carbonyl (C=O) groups excluding carboxylic acids is 1. The summed E-state index contributed by atoms with van der Waals surface area (Å²) >= 11 is 11.9. The highest BCUT2D eigenvalue weighted by molar-refractivity contribution is 7.90. The van der Waals surface area contributed by atoms with Crippen LogP contribution in [0, 0.1) is 5.41 Å². The molecule has 0 radical (unpaired) electrons. The smallest absolute Gasteiger partial charge is 0.306 e. The van der Waals surface area contributed by atoms with E-state index in [1.54, 1.807) is 18.2 Å². The molecule has 116 valence electrons. The van der Waals surface area contributed by atoms with Crippen LogP contribution in [-0.2, 0) is 25.1 Å². The lowest BCUT2D eigenvalue weighted by Gasteiger charge is -2.14. The van der Waals surface area contributed by atoms with E-state index in [9.17, 15) is 13.2 Å². The van der Waals surface area contributed by atoms with Crippen LogP contribution in [0.5, 0.6) is 0 Å². The monoisotopic (exact) mass is 350 g/mol. The van der Waals surface area contributed by atoms with E-state index in [0.717, 1.165) is 12.8 Å². The van der Waals surface area contributed by atoms with E-state index in [0.29, 0.717) is 15.6 Å². The summed E-state index contributed by atoms with van der Waals surface area (Å²) in [6.07, 6.45) is 1.60. The first-order chi connectivity index (χ1) is 9.75. The SMILES string of the molecule is COC(=O)CC1(CS(=O)(=O)Cc2cc(Cl)ccc2Cl)CC1. The van der Waals surface area contributed by atoms with Gasteiger partial charge in [0.1, 0.15) is 0 Å². The van der Waals surface area contributed by atoms with Crippen LogP contribution in [0.25, 0.3) is 0 Å². The Bertz CT molecular complexity index is 651. The van der Waals surface area contributed by atoms with E-state index in [-0.39, 0.29) is 23.9 Å². The first-order valence-electron chi connectivity index (χ1n) is 6.46. The number of ether oxygens (including phenoxy) is 1. The summed E-state index contributed by atoms with van der Waals surface area (Å²) in [6.45, 7) is 0. The zero-order valence-corrected chi connectivity index (χ0v) is 13.9. The Morgan fingerprint density at radius 3 is 2.57 bits per heavy atom. The number of hydrogen-bond acceptors (Lipinski definition) is 4. The Balaban J connectivity index is 2.09. The molecule has 1 aliphatic rings. The molecule has 0 atom stereocenters. The molecule has 1 aromatic rings. The van der Waals surface area contributed by atoms with Crippen molar-refractivity contribution in [2.75, 3.05) is 12.9 Å². The molecule has 21 heavy (non-hydrogen) atoms. The van der Waals surface area contributed by atoms with Crippen molar-refractivity contribution >= 4 is 39.0 Å². The first kappa shape index (κ1) is 16.6. The fourth-order valence-electron chi connectivity index (χ4n) is 2.34. The topological polar surface area (TPSA) is 60.4 Å². The molecule has 4 nitrogen and oxygen atoms in total. The van der Waals surface area contributed by atoms with Crippen LogP contribution in [0.15, 0.2) is 18.2 Å². The molecule has 0 amide bonds. The first-order valence-corrected chi connectivity index (χ1v) is 9.04. The van der Waals surface area contributed by atoms with Gasteiger partial charge in [-0.05, 0) is 42.0 Å². The number of carbonyl (C=O) groups is 1. The summed E-state index contributed by atoms with van der Waals surface area (Å²) in [7, 11) is -2.07. The Hall–Kier alpha value is -0.780. The Labute approximate surface area is 134 Å². The maximum absolute atomic E-state index is 12.3. The molecule has 0 spiro atoms. The number of methoxy groups -OCH3 is 1. The van der Waals surface area contributed by atoms with Crippen molar-refractivity contribution in [2.24, 2.45) is 5.41 Å². The van der Waals surface area contributed by atoms with Crippen LogP contribution in [0.4, 0.5) is 0 Å². The number of esters is 1. The fourth-order valence-corrected chi connectivity index (χ4v) is 4.93. The molecule has 0 bridgehead atoms. The molecule has 1 aromatic carbocycles. The van der Waals surface area contributed by atoms with Crippen molar-refractivity contribution in [3.8, 4) is 0 Å². The number of rotatable bonds is 6. The van der Waals surface area contributed by atoms with Crippen molar-refractivity contribution in [3.63, 3.8) is 0 Å². The third kappa shape index (κ3) is 4.59. The highest BCUT2D eigenvalue weighted by atomic mass is 35.5. The van der Waals surface area contributed by atoms with Gasteiger partial charge in [0.25, 0.3) is 0 Å². The van der Waals surface area contributed by atoms with Gasteiger partial charge in [-0.15, -0.1) is 0 Å². The van der Waals surface area contributed by atoms with E-state index in [4.69, 9.17) is 23.2 Å². The second kappa shape index (κ2) is 6.15. The van der Waals surface area contributed by atoms with Crippen LogP contribution in [0.1, 0.15) is 24.8 Å². The number of halogens is 2. The molecular weight excluding hydrogens is 335 g/mol. The molecule has 7 heteroatoms. The quantitative estimate of drug-likeness (QED) is 0.738. The number of sulfone groups is 1. The van der Waals surface area contributed by atoms with Gasteiger partial charge in [-0.2, -0.15) is 0 Å². The molecule has 0 aromatic heterocycles. The number of hydrogen-bond donors (Lipinski definition) is 0. The normalized spacial score (nSPS) is 16.5. The molecule has 1 fully saturated rings. The van der Waals surface area contributed by atoms with Crippen LogP contribution < -0.4 is 0 Å². The van der Waals surface area contributed by atoms with Crippen LogP contribution >= 0.6 is 23.2 Å². The molecule has 0 unspecified atom stereocenters. The Morgan fingerprint density at radius 1 is 1.33 bits per heavy atom. The van der Waals surface area contributed by atoms with Gasteiger partial charge < -0.3 is 4.74 Å². The van der Waals surface area contributed by atoms with E-state index in [1.807, 2.05) is 0 Å². The summed E-state index contributed by atoms with van der Waals surface area (Å²) in [5.41, 5.74) is 0.0230.